The lowest BCUT2D eigenvalue weighted by molar-refractivity contribution is 0.0999. The molecule has 0 saturated carbocycles. The summed E-state index contributed by atoms with van der Waals surface area (Å²) in [5, 5.41) is 9.93. The van der Waals surface area contributed by atoms with E-state index in [9.17, 15) is 4.79 Å². The minimum atomic E-state index is -0.422. The summed E-state index contributed by atoms with van der Waals surface area (Å²) in [6, 6.07) is 17.0. The molecule has 0 aliphatic carbocycles. The van der Waals surface area contributed by atoms with Crippen LogP contribution in [0.4, 0.5) is 0 Å². The zero-order chi connectivity index (χ0) is 14.8. The van der Waals surface area contributed by atoms with Gasteiger partial charge in [-0.3, -0.25) is 4.79 Å². The van der Waals surface area contributed by atoms with Gasteiger partial charge in [0.05, 0.1) is 11.6 Å². The number of aromatic nitrogens is 1. The van der Waals surface area contributed by atoms with Crippen LogP contribution in [0.25, 0.3) is 10.9 Å². The second-order valence-corrected chi connectivity index (χ2v) is 4.85. The third-order valence-corrected chi connectivity index (χ3v) is 3.52. The van der Waals surface area contributed by atoms with Gasteiger partial charge in [-0.2, -0.15) is 5.26 Å². The van der Waals surface area contributed by atoms with E-state index < -0.39 is 5.91 Å². The summed E-state index contributed by atoms with van der Waals surface area (Å²) < 4.78 is 2.04. The summed E-state index contributed by atoms with van der Waals surface area (Å²) in [5.41, 5.74) is 8.48. The maximum atomic E-state index is 11.5. The van der Waals surface area contributed by atoms with Crippen LogP contribution in [-0.4, -0.2) is 10.5 Å². The first-order chi connectivity index (χ1) is 10.2. The fraction of sp³-hybridized carbons (Fsp3) is 0.0588. The van der Waals surface area contributed by atoms with Crippen molar-refractivity contribution in [2.45, 2.75) is 6.54 Å². The number of carbonyl (C=O) groups is 1. The smallest absolute Gasteiger partial charge is 0.249 e. The number of nitriles is 1. The molecule has 1 heterocycles. The van der Waals surface area contributed by atoms with Crippen molar-refractivity contribution < 1.29 is 4.79 Å². The quantitative estimate of drug-likeness (QED) is 0.798. The lowest BCUT2D eigenvalue weighted by Gasteiger charge is -2.09. The molecule has 2 N–H and O–H groups in total. The Labute approximate surface area is 122 Å². The Bertz CT molecular complexity index is 871. The van der Waals surface area contributed by atoms with E-state index >= 15 is 0 Å². The van der Waals surface area contributed by atoms with Crippen molar-refractivity contribution in [2.24, 2.45) is 5.73 Å². The fourth-order valence-corrected chi connectivity index (χ4v) is 2.49. The normalized spacial score (nSPS) is 10.4. The van der Waals surface area contributed by atoms with Gasteiger partial charge in [0.25, 0.3) is 0 Å². The predicted molar refractivity (Wildman–Crippen MR) is 80.7 cm³/mol. The van der Waals surface area contributed by atoms with Crippen LogP contribution in [0.15, 0.2) is 54.7 Å². The van der Waals surface area contributed by atoms with Crippen LogP contribution in [0, 0.1) is 11.3 Å². The molecule has 0 radical (unpaired) electrons. The molecule has 0 aliphatic rings. The number of rotatable bonds is 3. The highest BCUT2D eigenvalue weighted by atomic mass is 16.1. The third kappa shape index (κ3) is 2.37. The van der Waals surface area contributed by atoms with Gasteiger partial charge in [-0.05, 0) is 35.9 Å². The van der Waals surface area contributed by atoms with E-state index in [1.54, 1.807) is 18.2 Å². The molecule has 2 aromatic carbocycles. The first kappa shape index (κ1) is 12.9. The summed E-state index contributed by atoms with van der Waals surface area (Å²) in [7, 11) is 0. The summed E-state index contributed by atoms with van der Waals surface area (Å²) in [6.07, 6.45) is 1.95. The van der Waals surface area contributed by atoms with Crippen molar-refractivity contribution in [3.05, 3.63) is 71.4 Å². The summed E-state index contributed by atoms with van der Waals surface area (Å²) in [5.74, 6) is -0.422. The monoisotopic (exact) mass is 275 g/mol. The molecule has 102 valence electrons. The maximum Gasteiger partial charge on any atom is 0.249 e. The molecule has 0 unspecified atom stereocenters. The molecular weight excluding hydrogens is 262 g/mol. The molecule has 4 heteroatoms. The van der Waals surface area contributed by atoms with Gasteiger partial charge in [0.1, 0.15) is 0 Å². The number of nitrogens with zero attached hydrogens (tertiary/aromatic N) is 2. The Kier molecular flexibility index (Phi) is 3.17. The first-order valence-electron chi connectivity index (χ1n) is 6.56. The Hall–Kier alpha value is -3.06. The van der Waals surface area contributed by atoms with Gasteiger partial charge in [-0.25, -0.2) is 0 Å². The van der Waals surface area contributed by atoms with E-state index in [0.29, 0.717) is 17.7 Å². The van der Waals surface area contributed by atoms with Crippen molar-refractivity contribution in [3.63, 3.8) is 0 Å². The van der Waals surface area contributed by atoms with E-state index in [1.807, 2.05) is 41.1 Å². The number of primary amides is 1. The van der Waals surface area contributed by atoms with Crippen LogP contribution < -0.4 is 5.73 Å². The van der Waals surface area contributed by atoms with Crippen LogP contribution in [-0.2, 0) is 6.54 Å². The number of hydrogen-bond donors (Lipinski definition) is 1. The Morgan fingerprint density at radius 3 is 2.76 bits per heavy atom. The molecule has 0 bridgehead atoms. The summed E-state index contributed by atoms with van der Waals surface area (Å²) in [6.45, 7) is 0.564. The Morgan fingerprint density at radius 1 is 1.19 bits per heavy atom. The zero-order valence-electron chi connectivity index (χ0n) is 11.3. The molecule has 1 amide bonds. The van der Waals surface area contributed by atoms with E-state index in [-0.39, 0.29) is 0 Å². The molecule has 0 fully saturated rings. The molecule has 0 saturated heterocycles. The molecule has 3 aromatic rings. The number of carbonyl (C=O) groups excluding carboxylic acids is 1. The Balaban J connectivity index is 2.03. The van der Waals surface area contributed by atoms with Crippen molar-refractivity contribution >= 4 is 16.8 Å². The molecule has 0 aliphatic heterocycles. The minimum absolute atomic E-state index is 0.422. The van der Waals surface area contributed by atoms with Crippen molar-refractivity contribution in [1.82, 2.24) is 4.57 Å². The standard InChI is InChI=1S/C17H13N3O/c18-10-12-5-6-16-13(9-12)7-8-20(16)11-14-3-1-2-4-15(14)17(19)21/h1-9H,11H2,(H2,19,21). The fourth-order valence-electron chi connectivity index (χ4n) is 2.49. The number of fused-ring (bicyclic) bond motifs is 1. The molecule has 21 heavy (non-hydrogen) atoms. The van der Waals surface area contributed by atoms with Gasteiger partial charge in [0.15, 0.2) is 0 Å². The minimum Gasteiger partial charge on any atom is -0.366 e. The van der Waals surface area contributed by atoms with Crippen LogP contribution >= 0.6 is 0 Å². The zero-order valence-corrected chi connectivity index (χ0v) is 11.3. The van der Waals surface area contributed by atoms with Crippen LogP contribution in [0.1, 0.15) is 21.5 Å². The number of benzene rings is 2. The highest BCUT2D eigenvalue weighted by Crippen LogP contribution is 2.20. The lowest BCUT2D eigenvalue weighted by atomic mass is 10.1. The molecule has 4 nitrogen and oxygen atoms in total. The first-order valence-corrected chi connectivity index (χ1v) is 6.56. The molecule has 3 rings (SSSR count). The van der Waals surface area contributed by atoms with Gasteiger partial charge in [0, 0.05) is 29.2 Å². The largest absolute Gasteiger partial charge is 0.366 e. The van der Waals surface area contributed by atoms with Gasteiger partial charge >= 0.3 is 0 Å². The van der Waals surface area contributed by atoms with Crippen LogP contribution in [0.2, 0.25) is 0 Å². The van der Waals surface area contributed by atoms with E-state index in [4.69, 9.17) is 11.0 Å². The summed E-state index contributed by atoms with van der Waals surface area (Å²) >= 11 is 0. The molecule has 1 aromatic heterocycles. The van der Waals surface area contributed by atoms with Crippen molar-refractivity contribution in [3.8, 4) is 6.07 Å². The maximum absolute atomic E-state index is 11.5. The van der Waals surface area contributed by atoms with Gasteiger partial charge in [-0.15, -0.1) is 0 Å². The van der Waals surface area contributed by atoms with Crippen LogP contribution in [0.5, 0.6) is 0 Å². The number of hydrogen-bond acceptors (Lipinski definition) is 2. The van der Waals surface area contributed by atoms with Gasteiger partial charge < -0.3 is 10.3 Å². The van der Waals surface area contributed by atoms with Gasteiger partial charge in [-0.1, -0.05) is 18.2 Å². The van der Waals surface area contributed by atoms with E-state index in [0.717, 1.165) is 16.5 Å². The molecular formula is C17H13N3O. The molecule has 0 atom stereocenters. The topological polar surface area (TPSA) is 71.8 Å². The third-order valence-electron chi connectivity index (χ3n) is 3.52. The molecule has 0 spiro atoms. The highest BCUT2D eigenvalue weighted by Gasteiger charge is 2.09. The SMILES string of the molecule is N#Cc1ccc2c(ccn2Cc2ccccc2C(N)=O)c1. The average Bonchev–Trinajstić information content (AvgIpc) is 2.90. The second kappa shape index (κ2) is 5.14. The highest BCUT2D eigenvalue weighted by molar-refractivity contribution is 5.94. The van der Waals surface area contributed by atoms with E-state index in [2.05, 4.69) is 6.07 Å². The Morgan fingerprint density at radius 2 is 2.00 bits per heavy atom. The summed E-state index contributed by atoms with van der Waals surface area (Å²) in [4.78, 5) is 11.5. The number of nitrogens with two attached hydrogens (primary N) is 1. The van der Waals surface area contributed by atoms with Gasteiger partial charge in [0.2, 0.25) is 5.91 Å². The van der Waals surface area contributed by atoms with Crippen LogP contribution in [0.3, 0.4) is 0 Å². The predicted octanol–water partition coefficient (Wildman–Crippen LogP) is 2.66. The lowest BCUT2D eigenvalue weighted by Crippen LogP contribution is -2.14. The average molecular weight is 275 g/mol. The van der Waals surface area contributed by atoms with Crippen molar-refractivity contribution in [1.29, 1.82) is 5.26 Å². The van der Waals surface area contributed by atoms with E-state index in [1.165, 1.54) is 0 Å². The number of amides is 1. The second-order valence-electron chi connectivity index (χ2n) is 4.85. The van der Waals surface area contributed by atoms with Crippen molar-refractivity contribution in [2.75, 3.05) is 0 Å².